The fourth-order valence-electron chi connectivity index (χ4n) is 2.60. The molecular formula is C13H19ClN2O2S2. The Balaban J connectivity index is 1.67. The van der Waals surface area contributed by atoms with Gasteiger partial charge in [-0.15, -0.1) is 22.9 Å². The molecule has 0 N–H and O–H groups in total. The number of sulfonamides is 1. The lowest BCUT2D eigenvalue weighted by molar-refractivity contribution is 0.181. The summed E-state index contributed by atoms with van der Waals surface area (Å²) in [7, 11) is -3.31. The third-order valence-electron chi connectivity index (χ3n) is 3.91. The number of alkyl halides is 1. The molecule has 2 fully saturated rings. The summed E-state index contributed by atoms with van der Waals surface area (Å²) in [6.45, 7) is 2.96. The molecule has 0 spiro atoms. The number of hydrogen-bond acceptors (Lipinski definition) is 4. The highest BCUT2D eigenvalue weighted by atomic mass is 35.5. The molecule has 112 valence electrons. The average Bonchev–Trinajstić information content (AvgIpc) is 3.19. The summed E-state index contributed by atoms with van der Waals surface area (Å²) >= 11 is 7.05. The van der Waals surface area contributed by atoms with Crippen LogP contribution in [0.15, 0.2) is 16.3 Å². The molecular weight excluding hydrogens is 316 g/mol. The van der Waals surface area contributed by atoms with Crippen LogP contribution >= 0.6 is 22.9 Å². The lowest BCUT2D eigenvalue weighted by atomic mass is 10.3. The number of aryl methyl sites for hydroxylation is 1. The molecule has 2 aliphatic rings. The highest BCUT2D eigenvalue weighted by Gasteiger charge is 2.35. The van der Waals surface area contributed by atoms with Crippen molar-refractivity contribution in [3.05, 3.63) is 17.0 Å². The Hall–Kier alpha value is -0.140. The molecule has 0 atom stereocenters. The van der Waals surface area contributed by atoms with Crippen LogP contribution < -0.4 is 0 Å². The van der Waals surface area contributed by atoms with E-state index in [-0.39, 0.29) is 0 Å². The molecule has 0 radical (unpaired) electrons. The van der Waals surface area contributed by atoms with Gasteiger partial charge >= 0.3 is 0 Å². The Labute approximate surface area is 129 Å². The quantitative estimate of drug-likeness (QED) is 0.773. The maximum Gasteiger partial charge on any atom is 0.252 e. The number of rotatable bonds is 5. The lowest BCUT2D eigenvalue weighted by Gasteiger charge is -2.33. The van der Waals surface area contributed by atoms with E-state index in [0.29, 0.717) is 23.2 Å². The fourth-order valence-corrected chi connectivity index (χ4v) is 5.85. The van der Waals surface area contributed by atoms with Crippen molar-refractivity contribution >= 4 is 33.0 Å². The number of halogens is 1. The van der Waals surface area contributed by atoms with Gasteiger partial charge in [0.15, 0.2) is 0 Å². The number of piperazine rings is 1. The van der Waals surface area contributed by atoms with Gasteiger partial charge in [-0.2, -0.15) is 4.31 Å². The Bertz CT molecular complexity index is 561. The molecule has 1 saturated heterocycles. The Morgan fingerprint density at radius 1 is 1.20 bits per heavy atom. The van der Waals surface area contributed by atoms with Gasteiger partial charge in [0, 0.05) is 43.0 Å². The third-order valence-corrected chi connectivity index (χ3v) is 7.61. The van der Waals surface area contributed by atoms with Crippen molar-refractivity contribution in [1.29, 1.82) is 0 Å². The van der Waals surface area contributed by atoms with Crippen LogP contribution in [0, 0.1) is 0 Å². The first-order valence-electron chi connectivity index (χ1n) is 7.00. The Morgan fingerprint density at radius 2 is 1.90 bits per heavy atom. The second-order valence-corrected chi connectivity index (χ2v) is 9.04. The Morgan fingerprint density at radius 3 is 2.50 bits per heavy atom. The van der Waals surface area contributed by atoms with Crippen LogP contribution in [0.5, 0.6) is 0 Å². The molecule has 0 bridgehead atoms. The SMILES string of the molecule is O=S(=O)(c1ccc(CCCl)s1)N1CCN(C2CC2)CC1. The zero-order valence-electron chi connectivity index (χ0n) is 11.3. The first kappa shape index (κ1) is 14.8. The van der Waals surface area contributed by atoms with Gasteiger partial charge in [0.1, 0.15) is 4.21 Å². The van der Waals surface area contributed by atoms with Gasteiger partial charge in [0.25, 0.3) is 10.0 Å². The van der Waals surface area contributed by atoms with Crippen LogP contribution in [0.4, 0.5) is 0 Å². The molecule has 0 amide bonds. The van der Waals surface area contributed by atoms with Crippen molar-refractivity contribution in [3.63, 3.8) is 0 Å². The van der Waals surface area contributed by atoms with E-state index in [9.17, 15) is 8.42 Å². The van der Waals surface area contributed by atoms with Crippen LogP contribution in [0.1, 0.15) is 17.7 Å². The number of nitrogens with zero attached hydrogens (tertiary/aromatic N) is 2. The fraction of sp³-hybridized carbons (Fsp3) is 0.692. The van der Waals surface area contributed by atoms with E-state index >= 15 is 0 Å². The van der Waals surface area contributed by atoms with E-state index in [2.05, 4.69) is 4.90 Å². The summed E-state index contributed by atoms with van der Waals surface area (Å²) in [6, 6.07) is 4.31. The van der Waals surface area contributed by atoms with E-state index < -0.39 is 10.0 Å². The minimum Gasteiger partial charge on any atom is -0.298 e. The van der Waals surface area contributed by atoms with E-state index in [0.717, 1.165) is 30.4 Å². The highest BCUT2D eigenvalue weighted by Crippen LogP contribution is 2.30. The van der Waals surface area contributed by atoms with Crippen LogP contribution in [0.3, 0.4) is 0 Å². The van der Waals surface area contributed by atoms with Gasteiger partial charge in [-0.25, -0.2) is 8.42 Å². The highest BCUT2D eigenvalue weighted by molar-refractivity contribution is 7.91. The predicted octanol–water partition coefficient (Wildman–Crippen LogP) is 2.00. The standard InChI is InChI=1S/C13H19ClN2O2S2/c14-6-5-12-3-4-13(19-12)20(17,18)16-9-7-15(8-10-16)11-1-2-11/h3-4,11H,1-2,5-10H2. The zero-order valence-corrected chi connectivity index (χ0v) is 13.7. The van der Waals surface area contributed by atoms with Gasteiger partial charge in [-0.1, -0.05) is 0 Å². The summed E-state index contributed by atoms with van der Waals surface area (Å²) in [5, 5.41) is 0. The van der Waals surface area contributed by atoms with E-state index in [1.54, 1.807) is 10.4 Å². The van der Waals surface area contributed by atoms with Crippen LogP contribution in [-0.4, -0.2) is 55.7 Å². The molecule has 1 aliphatic carbocycles. The molecule has 3 rings (SSSR count). The largest absolute Gasteiger partial charge is 0.298 e. The molecule has 1 saturated carbocycles. The van der Waals surface area contributed by atoms with E-state index in [1.165, 1.54) is 24.2 Å². The molecule has 1 aromatic heterocycles. The minimum absolute atomic E-state index is 0.456. The molecule has 1 aliphatic heterocycles. The van der Waals surface area contributed by atoms with Crippen molar-refractivity contribution in [2.24, 2.45) is 0 Å². The topological polar surface area (TPSA) is 40.6 Å². The molecule has 20 heavy (non-hydrogen) atoms. The van der Waals surface area contributed by atoms with Crippen LogP contribution in [0.2, 0.25) is 0 Å². The average molecular weight is 335 g/mol. The van der Waals surface area contributed by atoms with Gasteiger partial charge < -0.3 is 0 Å². The molecule has 1 aromatic rings. The Kier molecular flexibility index (Phi) is 4.38. The van der Waals surface area contributed by atoms with Gasteiger partial charge in [0.2, 0.25) is 0 Å². The van der Waals surface area contributed by atoms with Gasteiger partial charge in [-0.3, -0.25) is 4.90 Å². The van der Waals surface area contributed by atoms with E-state index in [4.69, 9.17) is 11.6 Å². The molecule has 0 unspecified atom stereocenters. The first-order valence-corrected chi connectivity index (χ1v) is 9.79. The van der Waals surface area contributed by atoms with Crippen molar-refractivity contribution in [2.75, 3.05) is 32.1 Å². The molecule has 4 nitrogen and oxygen atoms in total. The van der Waals surface area contributed by atoms with Crippen molar-refractivity contribution < 1.29 is 8.42 Å². The minimum atomic E-state index is -3.31. The predicted molar refractivity (Wildman–Crippen MR) is 82.1 cm³/mol. The summed E-state index contributed by atoms with van der Waals surface area (Å²) in [5.41, 5.74) is 0. The van der Waals surface area contributed by atoms with Crippen LogP contribution in [-0.2, 0) is 16.4 Å². The van der Waals surface area contributed by atoms with Gasteiger partial charge in [0.05, 0.1) is 0 Å². The second-order valence-electron chi connectivity index (χ2n) is 5.33. The maximum atomic E-state index is 12.6. The zero-order chi connectivity index (χ0) is 14.2. The van der Waals surface area contributed by atoms with Crippen molar-refractivity contribution in [1.82, 2.24) is 9.21 Å². The summed E-state index contributed by atoms with van der Waals surface area (Å²) in [5.74, 6) is 0.528. The third kappa shape index (κ3) is 3.04. The summed E-state index contributed by atoms with van der Waals surface area (Å²) in [6.07, 6.45) is 3.29. The molecule has 7 heteroatoms. The summed E-state index contributed by atoms with van der Waals surface area (Å²) in [4.78, 5) is 3.45. The van der Waals surface area contributed by atoms with Crippen LogP contribution in [0.25, 0.3) is 0 Å². The van der Waals surface area contributed by atoms with Crippen molar-refractivity contribution in [2.45, 2.75) is 29.5 Å². The number of hydrogen-bond donors (Lipinski definition) is 0. The van der Waals surface area contributed by atoms with E-state index in [1.807, 2.05) is 6.07 Å². The normalized spacial score (nSPS) is 22.2. The monoisotopic (exact) mass is 334 g/mol. The maximum absolute atomic E-state index is 12.6. The second kappa shape index (κ2) is 5.93. The lowest BCUT2D eigenvalue weighted by Crippen LogP contribution is -2.49. The smallest absolute Gasteiger partial charge is 0.252 e. The number of thiophene rings is 1. The first-order chi connectivity index (χ1) is 9.61. The van der Waals surface area contributed by atoms with Crippen molar-refractivity contribution in [3.8, 4) is 0 Å². The summed E-state index contributed by atoms with van der Waals surface area (Å²) < 4.78 is 27.2. The molecule has 0 aromatic carbocycles. The van der Waals surface area contributed by atoms with Gasteiger partial charge in [-0.05, 0) is 31.4 Å². The molecule has 2 heterocycles.